The molecule has 16 heavy (non-hydrogen) atoms. The molecule has 78 valence electrons. The van der Waals surface area contributed by atoms with Gasteiger partial charge < -0.3 is 5.73 Å². The number of nitrogen functional groups attached to an aromatic ring is 1. The van der Waals surface area contributed by atoms with Crippen LogP contribution in [0.5, 0.6) is 0 Å². The first-order valence-electron chi connectivity index (χ1n) is 4.62. The fourth-order valence-corrected chi connectivity index (χ4v) is 1.65. The Balaban J connectivity index is 2.47. The smallest absolute Gasteiger partial charge is 0.0991 e. The van der Waals surface area contributed by atoms with Crippen LogP contribution in [0, 0.1) is 11.3 Å². The molecular weight excluding hydrogens is 222 g/mol. The van der Waals surface area contributed by atoms with E-state index in [-0.39, 0.29) is 0 Å². The fourth-order valence-electron chi connectivity index (χ4n) is 1.37. The molecule has 0 saturated carbocycles. The summed E-state index contributed by atoms with van der Waals surface area (Å²) in [7, 11) is 0. The molecular formula is C12H8ClN3. The minimum atomic E-state index is 0.504. The highest BCUT2D eigenvalue weighted by Gasteiger charge is 2.05. The van der Waals surface area contributed by atoms with Gasteiger partial charge in [0.05, 0.1) is 34.2 Å². The monoisotopic (exact) mass is 229 g/mol. The summed E-state index contributed by atoms with van der Waals surface area (Å²) >= 11 is 6.03. The van der Waals surface area contributed by atoms with Crippen LogP contribution in [-0.4, -0.2) is 4.98 Å². The van der Waals surface area contributed by atoms with Gasteiger partial charge in [-0.05, 0) is 18.2 Å². The van der Waals surface area contributed by atoms with Crippen molar-refractivity contribution in [3.05, 3.63) is 47.1 Å². The topological polar surface area (TPSA) is 62.7 Å². The molecule has 0 fully saturated rings. The van der Waals surface area contributed by atoms with Crippen LogP contribution in [0.1, 0.15) is 5.56 Å². The van der Waals surface area contributed by atoms with Gasteiger partial charge in [-0.1, -0.05) is 23.7 Å². The van der Waals surface area contributed by atoms with E-state index in [0.717, 1.165) is 5.56 Å². The molecule has 2 aromatic rings. The fraction of sp³-hybridized carbons (Fsp3) is 0. The molecule has 2 rings (SSSR count). The molecule has 0 amide bonds. The number of hydrogen-bond donors (Lipinski definition) is 1. The molecule has 1 heterocycles. The molecule has 3 nitrogen and oxygen atoms in total. The van der Waals surface area contributed by atoms with Gasteiger partial charge in [0, 0.05) is 5.56 Å². The van der Waals surface area contributed by atoms with Gasteiger partial charge in [0.25, 0.3) is 0 Å². The normalized spacial score (nSPS) is 9.75. The van der Waals surface area contributed by atoms with Gasteiger partial charge in [0.15, 0.2) is 0 Å². The van der Waals surface area contributed by atoms with E-state index in [1.807, 2.05) is 12.1 Å². The number of halogens is 1. The zero-order valence-corrected chi connectivity index (χ0v) is 9.07. The van der Waals surface area contributed by atoms with Crippen LogP contribution in [-0.2, 0) is 0 Å². The maximum Gasteiger partial charge on any atom is 0.0991 e. The molecule has 0 aliphatic rings. The predicted octanol–water partition coefficient (Wildman–Crippen LogP) is 2.86. The Morgan fingerprint density at radius 3 is 2.50 bits per heavy atom. The number of pyridine rings is 1. The lowest BCUT2D eigenvalue weighted by Gasteiger charge is -2.04. The van der Waals surface area contributed by atoms with Gasteiger partial charge in [0.2, 0.25) is 0 Å². The maximum atomic E-state index is 8.68. The Labute approximate surface area is 98.1 Å². The molecule has 0 saturated heterocycles. The highest BCUT2D eigenvalue weighted by atomic mass is 35.5. The van der Waals surface area contributed by atoms with Crippen molar-refractivity contribution in [1.82, 2.24) is 4.98 Å². The Morgan fingerprint density at radius 1 is 1.25 bits per heavy atom. The summed E-state index contributed by atoms with van der Waals surface area (Å²) in [4.78, 5) is 4.16. The number of nitriles is 1. The molecule has 2 N–H and O–H groups in total. The number of benzene rings is 1. The first kappa shape index (κ1) is 10.5. The molecule has 0 bridgehead atoms. The second-order valence-electron chi connectivity index (χ2n) is 3.29. The van der Waals surface area contributed by atoms with Gasteiger partial charge >= 0.3 is 0 Å². The lowest BCUT2D eigenvalue weighted by atomic mass is 10.1. The van der Waals surface area contributed by atoms with Crippen LogP contribution >= 0.6 is 11.6 Å². The SMILES string of the molecule is N#Cc1ccc(-c2ncc(N)cc2Cl)cc1. The largest absolute Gasteiger partial charge is 0.397 e. The Kier molecular flexibility index (Phi) is 2.76. The van der Waals surface area contributed by atoms with Crippen LogP contribution in [0.4, 0.5) is 5.69 Å². The van der Waals surface area contributed by atoms with Gasteiger partial charge in [-0.3, -0.25) is 4.98 Å². The van der Waals surface area contributed by atoms with Crippen molar-refractivity contribution >= 4 is 17.3 Å². The van der Waals surface area contributed by atoms with Crippen LogP contribution in [0.2, 0.25) is 5.02 Å². The zero-order chi connectivity index (χ0) is 11.5. The van der Waals surface area contributed by atoms with E-state index < -0.39 is 0 Å². The summed E-state index contributed by atoms with van der Waals surface area (Å²) in [6.07, 6.45) is 1.55. The van der Waals surface area contributed by atoms with Gasteiger partial charge in [-0.25, -0.2) is 0 Å². The van der Waals surface area contributed by atoms with Crippen LogP contribution in [0.15, 0.2) is 36.5 Å². The highest BCUT2D eigenvalue weighted by Crippen LogP contribution is 2.26. The Morgan fingerprint density at radius 2 is 1.94 bits per heavy atom. The van der Waals surface area contributed by atoms with Crippen molar-refractivity contribution < 1.29 is 0 Å². The minimum Gasteiger partial charge on any atom is -0.397 e. The quantitative estimate of drug-likeness (QED) is 0.818. The van der Waals surface area contributed by atoms with Crippen molar-refractivity contribution in [3.8, 4) is 17.3 Å². The first-order chi connectivity index (χ1) is 7.70. The molecule has 1 aromatic heterocycles. The zero-order valence-electron chi connectivity index (χ0n) is 8.31. The molecule has 0 unspecified atom stereocenters. The van der Waals surface area contributed by atoms with E-state index in [9.17, 15) is 0 Å². The van der Waals surface area contributed by atoms with E-state index in [0.29, 0.717) is 22.0 Å². The summed E-state index contributed by atoms with van der Waals surface area (Å²) in [5.74, 6) is 0. The number of nitrogens with two attached hydrogens (primary N) is 1. The molecule has 0 atom stereocenters. The Bertz CT molecular complexity index is 555. The van der Waals surface area contributed by atoms with E-state index >= 15 is 0 Å². The third-order valence-corrected chi connectivity index (χ3v) is 2.44. The second kappa shape index (κ2) is 4.21. The molecule has 4 heteroatoms. The van der Waals surface area contributed by atoms with Crippen LogP contribution in [0.25, 0.3) is 11.3 Å². The van der Waals surface area contributed by atoms with Crippen molar-refractivity contribution in [3.63, 3.8) is 0 Å². The summed E-state index contributed by atoms with van der Waals surface area (Å²) in [5.41, 5.74) is 8.23. The number of hydrogen-bond acceptors (Lipinski definition) is 3. The maximum absolute atomic E-state index is 8.68. The lowest BCUT2D eigenvalue weighted by molar-refractivity contribution is 1.33. The number of anilines is 1. The third kappa shape index (κ3) is 1.97. The molecule has 0 aliphatic heterocycles. The minimum absolute atomic E-state index is 0.504. The van der Waals surface area contributed by atoms with Crippen molar-refractivity contribution in [2.75, 3.05) is 5.73 Å². The lowest BCUT2D eigenvalue weighted by Crippen LogP contribution is -1.90. The predicted molar refractivity (Wildman–Crippen MR) is 63.8 cm³/mol. The molecule has 1 aromatic carbocycles. The first-order valence-corrected chi connectivity index (χ1v) is 5.00. The van der Waals surface area contributed by atoms with Gasteiger partial charge in [0.1, 0.15) is 0 Å². The van der Waals surface area contributed by atoms with Gasteiger partial charge in [-0.15, -0.1) is 0 Å². The van der Waals surface area contributed by atoms with Crippen molar-refractivity contribution in [2.45, 2.75) is 0 Å². The Hall–Kier alpha value is -2.05. The van der Waals surface area contributed by atoms with E-state index in [4.69, 9.17) is 22.6 Å². The van der Waals surface area contributed by atoms with E-state index in [1.54, 1.807) is 24.4 Å². The van der Waals surface area contributed by atoms with E-state index in [1.165, 1.54) is 0 Å². The second-order valence-corrected chi connectivity index (χ2v) is 3.70. The van der Waals surface area contributed by atoms with Gasteiger partial charge in [-0.2, -0.15) is 5.26 Å². The summed E-state index contributed by atoms with van der Waals surface area (Å²) in [6.45, 7) is 0. The van der Waals surface area contributed by atoms with Crippen LogP contribution < -0.4 is 5.73 Å². The summed E-state index contributed by atoms with van der Waals surface area (Å²) in [5, 5.41) is 9.19. The molecule has 0 radical (unpaired) electrons. The highest BCUT2D eigenvalue weighted by molar-refractivity contribution is 6.33. The summed E-state index contributed by atoms with van der Waals surface area (Å²) in [6, 6.07) is 10.8. The molecule has 0 spiro atoms. The summed E-state index contributed by atoms with van der Waals surface area (Å²) < 4.78 is 0. The standard InChI is InChI=1S/C12H8ClN3/c13-11-5-10(15)7-16-12(11)9-3-1-8(6-14)2-4-9/h1-5,7H,15H2. The van der Waals surface area contributed by atoms with Crippen molar-refractivity contribution in [1.29, 1.82) is 5.26 Å². The number of aromatic nitrogens is 1. The average Bonchev–Trinajstić information content (AvgIpc) is 2.29. The average molecular weight is 230 g/mol. The number of rotatable bonds is 1. The van der Waals surface area contributed by atoms with E-state index in [2.05, 4.69) is 11.1 Å². The number of nitrogens with zero attached hydrogens (tertiary/aromatic N) is 2. The van der Waals surface area contributed by atoms with Crippen molar-refractivity contribution in [2.24, 2.45) is 0 Å². The third-order valence-electron chi connectivity index (χ3n) is 2.15. The molecule has 0 aliphatic carbocycles. The van der Waals surface area contributed by atoms with Crippen LogP contribution in [0.3, 0.4) is 0 Å².